The van der Waals surface area contributed by atoms with Crippen LogP contribution in [0.4, 0.5) is 0 Å². The molecule has 0 spiro atoms. The fourth-order valence-electron chi connectivity index (χ4n) is 1.50. The van der Waals surface area contributed by atoms with Gasteiger partial charge in [-0.2, -0.15) is 0 Å². The zero-order chi connectivity index (χ0) is 19.6. The Morgan fingerprint density at radius 1 is 1.15 bits per heavy atom. The first-order valence-electron chi connectivity index (χ1n) is 8.45. The van der Waals surface area contributed by atoms with E-state index in [2.05, 4.69) is 23.7 Å². The van der Waals surface area contributed by atoms with Crippen LogP contribution >= 0.6 is 0 Å². The summed E-state index contributed by atoms with van der Waals surface area (Å²) in [5.74, 6) is 9.78. The van der Waals surface area contributed by atoms with Gasteiger partial charge in [-0.05, 0) is 36.5 Å². The standard InChI is InChI=1S/C21H26O5/c1-4-18(2)21(24)26-20(15-17-25-19(3)23)14-12-10-8-6-5-7-9-11-13-16-22/h8,10-14,18,20,22H,4,15-17H2,1-3H3/b10-8-,13-11+,14-12+. The molecule has 0 saturated heterocycles. The highest BCUT2D eigenvalue weighted by Crippen LogP contribution is 2.09. The van der Waals surface area contributed by atoms with E-state index in [4.69, 9.17) is 14.6 Å². The molecule has 0 aliphatic rings. The number of carbonyl (C=O) groups excluding carboxylic acids is 2. The number of aliphatic hydroxyl groups is 1. The minimum absolute atomic E-state index is 0.0486. The highest BCUT2D eigenvalue weighted by atomic mass is 16.6. The van der Waals surface area contributed by atoms with Gasteiger partial charge in [0.15, 0.2) is 0 Å². The SMILES string of the molecule is CCC(C)C(=O)OC(/C=C/C=C\C#CC#C/C=C/CO)CCOC(C)=O. The maximum Gasteiger partial charge on any atom is 0.309 e. The summed E-state index contributed by atoms with van der Waals surface area (Å²) in [7, 11) is 0. The lowest BCUT2D eigenvalue weighted by Crippen LogP contribution is -2.22. The van der Waals surface area contributed by atoms with Gasteiger partial charge >= 0.3 is 11.9 Å². The van der Waals surface area contributed by atoms with Gasteiger partial charge in [-0.1, -0.05) is 43.9 Å². The van der Waals surface area contributed by atoms with Gasteiger partial charge in [-0.25, -0.2) is 0 Å². The lowest BCUT2D eigenvalue weighted by atomic mass is 10.1. The summed E-state index contributed by atoms with van der Waals surface area (Å²) in [4.78, 5) is 22.8. The van der Waals surface area contributed by atoms with Crippen molar-refractivity contribution in [3.05, 3.63) is 36.5 Å². The van der Waals surface area contributed by atoms with Gasteiger partial charge in [-0.15, -0.1) is 0 Å². The lowest BCUT2D eigenvalue weighted by Gasteiger charge is -2.16. The number of hydrogen-bond donors (Lipinski definition) is 1. The minimum Gasteiger partial charge on any atom is -0.466 e. The highest BCUT2D eigenvalue weighted by Gasteiger charge is 2.17. The summed E-state index contributed by atoms with van der Waals surface area (Å²) in [6.07, 6.45) is 10.4. The smallest absolute Gasteiger partial charge is 0.309 e. The van der Waals surface area contributed by atoms with Crippen LogP contribution in [0.1, 0.15) is 33.6 Å². The van der Waals surface area contributed by atoms with Crippen LogP contribution in [0.15, 0.2) is 36.5 Å². The predicted molar refractivity (Wildman–Crippen MR) is 101 cm³/mol. The number of hydrogen-bond acceptors (Lipinski definition) is 5. The van der Waals surface area contributed by atoms with Crippen molar-refractivity contribution in [2.24, 2.45) is 5.92 Å². The third-order valence-corrected chi connectivity index (χ3v) is 3.12. The molecule has 2 unspecified atom stereocenters. The molecule has 5 heteroatoms. The molecule has 5 nitrogen and oxygen atoms in total. The number of ether oxygens (including phenoxy) is 2. The van der Waals surface area contributed by atoms with Crippen LogP contribution in [0.3, 0.4) is 0 Å². The Morgan fingerprint density at radius 2 is 1.85 bits per heavy atom. The van der Waals surface area contributed by atoms with E-state index in [9.17, 15) is 9.59 Å². The largest absolute Gasteiger partial charge is 0.466 e. The molecule has 0 heterocycles. The molecule has 0 aliphatic heterocycles. The third-order valence-electron chi connectivity index (χ3n) is 3.12. The zero-order valence-corrected chi connectivity index (χ0v) is 15.5. The van der Waals surface area contributed by atoms with Crippen LogP contribution in [0, 0.1) is 29.6 Å². The quantitative estimate of drug-likeness (QED) is 0.390. The Hall–Kier alpha value is -2.76. The number of aliphatic hydroxyl groups excluding tert-OH is 1. The van der Waals surface area contributed by atoms with Crippen molar-refractivity contribution in [1.29, 1.82) is 0 Å². The molecule has 0 radical (unpaired) electrons. The molecule has 26 heavy (non-hydrogen) atoms. The van der Waals surface area contributed by atoms with Gasteiger partial charge in [0, 0.05) is 13.3 Å². The van der Waals surface area contributed by atoms with Crippen molar-refractivity contribution < 1.29 is 24.2 Å². The first-order chi connectivity index (χ1) is 12.5. The topological polar surface area (TPSA) is 72.8 Å². The molecule has 0 amide bonds. The highest BCUT2D eigenvalue weighted by molar-refractivity contribution is 5.72. The maximum atomic E-state index is 11.9. The average Bonchev–Trinajstić information content (AvgIpc) is 2.61. The second-order valence-corrected chi connectivity index (χ2v) is 5.28. The predicted octanol–water partition coefficient (Wildman–Crippen LogP) is 2.57. The molecule has 0 bridgehead atoms. The fraction of sp³-hybridized carbons (Fsp3) is 0.429. The zero-order valence-electron chi connectivity index (χ0n) is 15.5. The van der Waals surface area contributed by atoms with E-state index >= 15 is 0 Å². The minimum atomic E-state index is -0.475. The Morgan fingerprint density at radius 3 is 2.46 bits per heavy atom. The molecule has 2 atom stereocenters. The second kappa shape index (κ2) is 15.7. The fourth-order valence-corrected chi connectivity index (χ4v) is 1.50. The van der Waals surface area contributed by atoms with E-state index in [0.717, 1.165) is 0 Å². The summed E-state index contributed by atoms with van der Waals surface area (Å²) in [5, 5.41) is 8.53. The molecule has 0 aliphatic carbocycles. The van der Waals surface area contributed by atoms with Crippen LogP contribution in [0.2, 0.25) is 0 Å². The van der Waals surface area contributed by atoms with E-state index in [1.54, 1.807) is 31.2 Å². The van der Waals surface area contributed by atoms with Gasteiger partial charge in [0.1, 0.15) is 6.10 Å². The van der Waals surface area contributed by atoms with Gasteiger partial charge in [0.05, 0.1) is 19.1 Å². The van der Waals surface area contributed by atoms with Crippen molar-refractivity contribution >= 4 is 11.9 Å². The summed E-state index contributed by atoms with van der Waals surface area (Å²) >= 11 is 0. The number of carbonyl (C=O) groups is 2. The van der Waals surface area contributed by atoms with Crippen molar-refractivity contribution in [2.45, 2.75) is 39.7 Å². The summed E-state index contributed by atoms with van der Waals surface area (Å²) in [6.45, 7) is 5.19. The molecule has 140 valence electrons. The van der Waals surface area contributed by atoms with Gasteiger partial charge in [-0.3, -0.25) is 9.59 Å². The van der Waals surface area contributed by atoms with E-state index in [1.807, 2.05) is 6.92 Å². The van der Waals surface area contributed by atoms with Crippen molar-refractivity contribution in [1.82, 2.24) is 0 Å². The molecule has 1 N–H and O–H groups in total. The Kier molecular flexibility index (Phi) is 14.1. The molecule has 0 aromatic carbocycles. The van der Waals surface area contributed by atoms with Crippen LogP contribution in [-0.4, -0.2) is 36.4 Å². The first kappa shape index (κ1) is 23.2. The molecular formula is C21H26O5. The summed E-state index contributed by atoms with van der Waals surface area (Å²) in [6, 6.07) is 0. The van der Waals surface area contributed by atoms with Gasteiger partial charge in [0.2, 0.25) is 0 Å². The van der Waals surface area contributed by atoms with Gasteiger partial charge < -0.3 is 14.6 Å². The van der Waals surface area contributed by atoms with Crippen LogP contribution < -0.4 is 0 Å². The normalized spacial score (nSPS) is 12.9. The number of esters is 2. The maximum absolute atomic E-state index is 11.9. The number of allylic oxidation sites excluding steroid dienone is 4. The Balaban J connectivity index is 4.64. The first-order valence-corrected chi connectivity index (χ1v) is 8.45. The van der Waals surface area contributed by atoms with Crippen molar-refractivity contribution in [3.63, 3.8) is 0 Å². The average molecular weight is 358 g/mol. The van der Waals surface area contributed by atoms with Crippen molar-refractivity contribution in [3.8, 4) is 23.7 Å². The van der Waals surface area contributed by atoms with Crippen LogP contribution in [0.5, 0.6) is 0 Å². The number of rotatable bonds is 9. The van der Waals surface area contributed by atoms with E-state index in [0.29, 0.717) is 12.8 Å². The molecule has 0 fully saturated rings. The van der Waals surface area contributed by atoms with E-state index in [1.165, 1.54) is 19.1 Å². The van der Waals surface area contributed by atoms with Crippen molar-refractivity contribution in [2.75, 3.05) is 13.2 Å². The van der Waals surface area contributed by atoms with E-state index < -0.39 is 6.10 Å². The molecule has 0 saturated carbocycles. The molecular weight excluding hydrogens is 332 g/mol. The van der Waals surface area contributed by atoms with Crippen LogP contribution in [0.25, 0.3) is 0 Å². The van der Waals surface area contributed by atoms with E-state index in [-0.39, 0.29) is 31.1 Å². The van der Waals surface area contributed by atoms with Crippen LogP contribution in [-0.2, 0) is 19.1 Å². The summed E-state index contributed by atoms with van der Waals surface area (Å²) < 4.78 is 10.3. The molecule has 0 rings (SSSR count). The second-order valence-electron chi connectivity index (χ2n) is 5.28. The molecule has 0 aromatic heterocycles. The Labute approximate surface area is 155 Å². The Bertz CT molecular complexity index is 635. The third kappa shape index (κ3) is 13.7. The molecule has 0 aromatic rings. The monoisotopic (exact) mass is 358 g/mol. The summed E-state index contributed by atoms with van der Waals surface area (Å²) in [5.41, 5.74) is 0. The van der Waals surface area contributed by atoms with Gasteiger partial charge in [0.25, 0.3) is 0 Å². The lowest BCUT2D eigenvalue weighted by molar-refractivity contribution is -0.152.